The molecule has 190 valence electrons. The fraction of sp³-hybridized carbons (Fsp3) is 0.370. The van der Waals surface area contributed by atoms with Crippen molar-refractivity contribution in [2.45, 2.75) is 41.5 Å². The van der Waals surface area contributed by atoms with Gasteiger partial charge < -0.3 is 24.3 Å². The van der Waals surface area contributed by atoms with E-state index in [-0.39, 0.29) is 0 Å². The van der Waals surface area contributed by atoms with Gasteiger partial charge in [0.15, 0.2) is 23.0 Å². The van der Waals surface area contributed by atoms with Crippen molar-refractivity contribution >= 4 is 22.3 Å². The van der Waals surface area contributed by atoms with E-state index >= 15 is 0 Å². The summed E-state index contributed by atoms with van der Waals surface area (Å²) in [6.45, 7) is 15.7. The first-order chi connectivity index (χ1) is 16.9. The lowest BCUT2D eigenvalue weighted by Crippen LogP contribution is -2.11. The fourth-order valence-electron chi connectivity index (χ4n) is 3.24. The number of hydrogen-bond acceptors (Lipinski definition) is 8. The van der Waals surface area contributed by atoms with Crippen molar-refractivity contribution in [3.8, 4) is 23.0 Å². The number of rotatable bonds is 4. The standard InChI is InChI=1S/C12H14N2O2.C11H12N2O2.2C2H6/c1-7-9-5-11(15-3)12(16-4)6-10(9)14-8(2)13-7;1-7-8-4-10(14-2)11(15-3)5-9(8)13-6-12-7;2*1-2/h5-6,14H,2H2,1,3-4H3;4-6H,1-3H3;2*1-2H3. The third-order valence-corrected chi connectivity index (χ3v) is 4.83. The molecular formula is C27H38N4O4. The highest BCUT2D eigenvalue weighted by molar-refractivity contribution is 6.06. The van der Waals surface area contributed by atoms with Crippen molar-refractivity contribution in [3.63, 3.8) is 0 Å². The molecule has 8 nitrogen and oxygen atoms in total. The van der Waals surface area contributed by atoms with E-state index in [1.165, 1.54) is 0 Å². The molecule has 0 saturated heterocycles. The topological polar surface area (TPSA) is 87.1 Å². The van der Waals surface area contributed by atoms with Crippen molar-refractivity contribution in [1.29, 1.82) is 0 Å². The fourth-order valence-corrected chi connectivity index (χ4v) is 3.24. The lowest BCUT2D eigenvalue weighted by atomic mass is 10.1. The van der Waals surface area contributed by atoms with E-state index in [1.807, 2.05) is 65.8 Å². The predicted molar refractivity (Wildman–Crippen MR) is 145 cm³/mol. The first kappa shape index (κ1) is 29.2. The number of nitrogens with zero attached hydrogens (tertiary/aromatic N) is 3. The third kappa shape index (κ3) is 7.09. The highest BCUT2D eigenvalue weighted by Gasteiger charge is 2.16. The van der Waals surface area contributed by atoms with E-state index in [4.69, 9.17) is 18.9 Å². The van der Waals surface area contributed by atoms with Crippen molar-refractivity contribution in [2.24, 2.45) is 4.99 Å². The second kappa shape index (κ2) is 14.5. The Labute approximate surface area is 209 Å². The molecular weight excluding hydrogens is 444 g/mol. The SMILES string of the molecule is C=C1N=C(C)c2cc(OC)c(OC)cc2N1.CC.CC.COc1cc2ncnc(C)c2cc1OC. The van der Waals surface area contributed by atoms with Crippen LogP contribution in [0.2, 0.25) is 0 Å². The molecule has 0 aliphatic carbocycles. The molecule has 35 heavy (non-hydrogen) atoms. The minimum Gasteiger partial charge on any atom is -0.493 e. The molecule has 3 aromatic rings. The Hall–Kier alpha value is -3.81. The van der Waals surface area contributed by atoms with E-state index in [0.717, 1.165) is 33.6 Å². The highest BCUT2D eigenvalue weighted by atomic mass is 16.5. The number of anilines is 1. The minimum absolute atomic E-state index is 0.636. The molecule has 0 saturated carbocycles. The summed E-state index contributed by atoms with van der Waals surface area (Å²) in [5, 5.41) is 4.08. The zero-order valence-corrected chi connectivity index (χ0v) is 22.6. The molecule has 0 amide bonds. The second-order valence-electron chi connectivity index (χ2n) is 6.71. The molecule has 0 spiro atoms. The number of methoxy groups -OCH3 is 4. The normalized spacial score (nSPS) is 11.0. The van der Waals surface area contributed by atoms with Crippen LogP contribution in [0.5, 0.6) is 23.0 Å². The van der Waals surface area contributed by atoms with Gasteiger partial charge in [-0.05, 0) is 26.0 Å². The summed E-state index contributed by atoms with van der Waals surface area (Å²) in [6.07, 6.45) is 1.55. The number of hydrogen-bond donors (Lipinski definition) is 1. The van der Waals surface area contributed by atoms with E-state index in [1.54, 1.807) is 34.8 Å². The van der Waals surface area contributed by atoms with Crippen LogP contribution >= 0.6 is 0 Å². The molecule has 2 heterocycles. The van der Waals surface area contributed by atoms with E-state index in [2.05, 4.69) is 26.9 Å². The molecule has 4 rings (SSSR count). The monoisotopic (exact) mass is 482 g/mol. The van der Waals surface area contributed by atoms with Crippen molar-refractivity contribution in [3.05, 3.63) is 54.3 Å². The predicted octanol–water partition coefficient (Wildman–Crippen LogP) is 6.42. The van der Waals surface area contributed by atoms with Gasteiger partial charge in [-0.25, -0.2) is 15.0 Å². The average molecular weight is 483 g/mol. The Kier molecular flexibility index (Phi) is 12.1. The van der Waals surface area contributed by atoms with Crippen LogP contribution in [0.1, 0.15) is 45.9 Å². The Morgan fingerprint density at radius 3 is 1.80 bits per heavy atom. The summed E-state index contributed by atoms with van der Waals surface area (Å²) in [5.41, 5.74) is 4.65. The summed E-state index contributed by atoms with van der Waals surface area (Å²) in [4.78, 5) is 12.6. The van der Waals surface area contributed by atoms with Gasteiger partial charge in [0.05, 0.1) is 39.6 Å². The van der Waals surface area contributed by atoms with Gasteiger partial charge >= 0.3 is 0 Å². The molecule has 0 bridgehead atoms. The van der Waals surface area contributed by atoms with Gasteiger partial charge in [-0.3, -0.25) is 0 Å². The van der Waals surface area contributed by atoms with Crippen LogP contribution in [0, 0.1) is 6.92 Å². The lowest BCUT2D eigenvalue weighted by molar-refractivity contribution is 0.355. The molecule has 1 aromatic heterocycles. The number of aromatic nitrogens is 2. The number of fused-ring (bicyclic) bond motifs is 2. The zero-order chi connectivity index (χ0) is 26.5. The maximum atomic E-state index is 5.25. The molecule has 1 aliphatic heterocycles. The summed E-state index contributed by atoms with van der Waals surface area (Å²) >= 11 is 0. The van der Waals surface area contributed by atoms with Crippen LogP contribution in [0.25, 0.3) is 10.9 Å². The van der Waals surface area contributed by atoms with Gasteiger partial charge in [-0.2, -0.15) is 0 Å². The molecule has 8 heteroatoms. The maximum absolute atomic E-state index is 5.25. The lowest BCUT2D eigenvalue weighted by Gasteiger charge is -2.20. The summed E-state index contributed by atoms with van der Waals surface area (Å²) in [6, 6.07) is 7.54. The van der Waals surface area contributed by atoms with E-state index < -0.39 is 0 Å². The number of ether oxygens (including phenoxy) is 4. The van der Waals surface area contributed by atoms with Crippen LogP contribution in [0.15, 0.2) is 48.0 Å². The van der Waals surface area contributed by atoms with Gasteiger partial charge in [0, 0.05) is 34.5 Å². The molecule has 0 unspecified atom stereocenters. The number of nitrogens with one attached hydrogen (secondary N) is 1. The van der Waals surface area contributed by atoms with E-state index in [9.17, 15) is 0 Å². The van der Waals surface area contributed by atoms with Gasteiger partial charge in [0.25, 0.3) is 0 Å². The van der Waals surface area contributed by atoms with Gasteiger partial charge in [-0.1, -0.05) is 34.3 Å². The quantitative estimate of drug-likeness (QED) is 0.459. The zero-order valence-electron chi connectivity index (χ0n) is 22.6. The number of benzene rings is 2. The largest absolute Gasteiger partial charge is 0.493 e. The maximum Gasteiger partial charge on any atom is 0.162 e. The average Bonchev–Trinajstić information content (AvgIpc) is 2.90. The number of aryl methyl sites for hydroxylation is 1. The van der Waals surface area contributed by atoms with Crippen LogP contribution < -0.4 is 24.3 Å². The molecule has 0 atom stereocenters. The molecule has 1 aliphatic rings. The third-order valence-electron chi connectivity index (χ3n) is 4.83. The van der Waals surface area contributed by atoms with Crippen molar-refractivity contribution < 1.29 is 18.9 Å². The summed E-state index contributed by atoms with van der Waals surface area (Å²) in [7, 11) is 6.45. The molecule has 0 radical (unpaired) electrons. The van der Waals surface area contributed by atoms with Crippen LogP contribution in [-0.4, -0.2) is 44.1 Å². The Bertz CT molecular complexity index is 1160. The van der Waals surface area contributed by atoms with Gasteiger partial charge in [0.1, 0.15) is 12.1 Å². The molecule has 2 aromatic carbocycles. The van der Waals surface area contributed by atoms with Crippen LogP contribution in [0.3, 0.4) is 0 Å². The van der Waals surface area contributed by atoms with Gasteiger partial charge in [-0.15, -0.1) is 0 Å². The highest BCUT2D eigenvalue weighted by Crippen LogP contribution is 2.36. The Balaban J connectivity index is 0.000000307. The second-order valence-corrected chi connectivity index (χ2v) is 6.71. The smallest absolute Gasteiger partial charge is 0.162 e. The van der Waals surface area contributed by atoms with E-state index in [0.29, 0.717) is 28.8 Å². The Morgan fingerprint density at radius 2 is 1.23 bits per heavy atom. The minimum atomic E-state index is 0.636. The molecule has 1 N–H and O–H groups in total. The van der Waals surface area contributed by atoms with Crippen LogP contribution in [0.4, 0.5) is 5.69 Å². The molecule has 0 fully saturated rings. The first-order valence-corrected chi connectivity index (χ1v) is 11.5. The summed E-state index contributed by atoms with van der Waals surface area (Å²) in [5.74, 6) is 3.41. The Morgan fingerprint density at radius 1 is 0.714 bits per heavy atom. The van der Waals surface area contributed by atoms with Crippen molar-refractivity contribution in [2.75, 3.05) is 33.8 Å². The van der Waals surface area contributed by atoms with Crippen LogP contribution in [-0.2, 0) is 0 Å². The first-order valence-electron chi connectivity index (χ1n) is 11.5. The summed E-state index contributed by atoms with van der Waals surface area (Å²) < 4.78 is 20.9. The van der Waals surface area contributed by atoms with Gasteiger partial charge in [0.2, 0.25) is 0 Å². The number of aliphatic imine (C=N–C) groups is 1. The van der Waals surface area contributed by atoms with Crippen molar-refractivity contribution in [1.82, 2.24) is 9.97 Å².